The molecule has 0 atom stereocenters. The number of rotatable bonds is 7. The van der Waals surface area contributed by atoms with E-state index in [0.29, 0.717) is 24.0 Å². The van der Waals surface area contributed by atoms with Gasteiger partial charge in [0.05, 0.1) is 0 Å². The summed E-state index contributed by atoms with van der Waals surface area (Å²) in [4.78, 5) is 12.5. The molecule has 4 nitrogen and oxygen atoms in total. The van der Waals surface area contributed by atoms with Crippen LogP contribution in [0.3, 0.4) is 0 Å². The van der Waals surface area contributed by atoms with Crippen molar-refractivity contribution in [2.75, 3.05) is 5.32 Å². The zero-order valence-corrected chi connectivity index (χ0v) is 17.1. The van der Waals surface area contributed by atoms with Crippen LogP contribution in [0.25, 0.3) is 6.08 Å². The number of benzene rings is 3. The van der Waals surface area contributed by atoms with Crippen molar-refractivity contribution in [1.82, 2.24) is 0 Å². The third kappa shape index (κ3) is 5.83. The second-order valence-corrected chi connectivity index (χ2v) is 7.24. The second kappa shape index (κ2) is 10.1. The molecule has 0 aromatic heterocycles. The molecular weight excluding hydrogens is 372 g/mol. The van der Waals surface area contributed by atoms with Crippen LogP contribution >= 0.6 is 0 Å². The molecule has 0 unspecified atom stereocenters. The Morgan fingerprint density at radius 1 is 1.00 bits per heavy atom. The van der Waals surface area contributed by atoms with E-state index in [4.69, 9.17) is 4.74 Å². The van der Waals surface area contributed by atoms with Crippen molar-refractivity contribution in [3.8, 4) is 11.8 Å². The van der Waals surface area contributed by atoms with Gasteiger partial charge in [0.1, 0.15) is 24.0 Å². The first-order valence-corrected chi connectivity index (χ1v) is 9.85. The molecule has 0 aliphatic rings. The van der Waals surface area contributed by atoms with E-state index in [-0.39, 0.29) is 5.57 Å². The first kappa shape index (κ1) is 20.9. The molecule has 4 heteroatoms. The predicted octanol–water partition coefficient (Wildman–Crippen LogP) is 5.93. The van der Waals surface area contributed by atoms with Gasteiger partial charge in [-0.15, -0.1) is 0 Å². The van der Waals surface area contributed by atoms with Gasteiger partial charge in [0, 0.05) is 5.69 Å². The average molecular weight is 396 g/mol. The molecule has 30 heavy (non-hydrogen) atoms. The molecule has 0 radical (unpaired) electrons. The molecule has 0 saturated heterocycles. The molecule has 0 aliphatic carbocycles. The Balaban J connectivity index is 1.61. The van der Waals surface area contributed by atoms with Crippen LogP contribution in [-0.4, -0.2) is 5.91 Å². The SMILES string of the molecule is CC(C)c1ccc(/C=C(\C#N)C(=O)Nc2ccc(OCc3ccccc3)cc2)cc1. The molecule has 0 aliphatic heterocycles. The zero-order valence-electron chi connectivity index (χ0n) is 17.1. The molecule has 0 bridgehead atoms. The summed E-state index contributed by atoms with van der Waals surface area (Å²) in [6.07, 6.45) is 1.59. The number of carbonyl (C=O) groups excluding carboxylic acids is 1. The lowest BCUT2D eigenvalue weighted by Crippen LogP contribution is -2.13. The quantitative estimate of drug-likeness (QED) is 0.397. The minimum absolute atomic E-state index is 0.0525. The molecule has 0 spiro atoms. The van der Waals surface area contributed by atoms with Crippen LogP contribution in [0.4, 0.5) is 5.69 Å². The van der Waals surface area contributed by atoms with E-state index < -0.39 is 5.91 Å². The summed E-state index contributed by atoms with van der Waals surface area (Å²) >= 11 is 0. The van der Waals surface area contributed by atoms with Gasteiger partial charge in [0.15, 0.2) is 0 Å². The van der Waals surface area contributed by atoms with Gasteiger partial charge in [-0.3, -0.25) is 4.79 Å². The normalized spacial score (nSPS) is 11.1. The maximum absolute atomic E-state index is 12.5. The summed E-state index contributed by atoms with van der Waals surface area (Å²) in [7, 11) is 0. The van der Waals surface area contributed by atoms with Crippen LogP contribution in [0, 0.1) is 11.3 Å². The average Bonchev–Trinajstić information content (AvgIpc) is 2.78. The Bertz CT molecular complexity index is 1040. The summed E-state index contributed by atoms with van der Waals surface area (Å²) in [6, 6.07) is 26.8. The van der Waals surface area contributed by atoms with Gasteiger partial charge in [0.2, 0.25) is 0 Å². The molecule has 1 amide bonds. The van der Waals surface area contributed by atoms with Gasteiger partial charge in [-0.1, -0.05) is 68.4 Å². The fourth-order valence-corrected chi connectivity index (χ4v) is 2.87. The number of ether oxygens (including phenoxy) is 1. The van der Waals surface area contributed by atoms with E-state index in [2.05, 4.69) is 19.2 Å². The highest BCUT2D eigenvalue weighted by atomic mass is 16.5. The minimum Gasteiger partial charge on any atom is -0.489 e. The van der Waals surface area contributed by atoms with Crippen LogP contribution in [0.15, 0.2) is 84.4 Å². The van der Waals surface area contributed by atoms with Gasteiger partial charge >= 0.3 is 0 Å². The lowest BCUT2D eigenvalue weighted by atomic mass is 10.0. The van der Waals surface area contributed by atoms with Crippen molar-refractivity contribution in [3.63, 3.8) is 0 Å². The molecule has 150 valence electrons. The Hall–Kier alpha value is -3.84. The van der Waals surface area contributed by atoms with Gasteiger partial charge in [-0.25, -0.2) is 0 Å². The molecular formula is C26H24N2O2. The fraction of sp³-hybridized carbons (Fsp3) is 0.154. The molecule has 1 N–H and O–H groups in total. The highest BCUT2D eigenvalue weighted by molar-refractivity contribution is 6.09. The first-order chi connectivity index (χ1) is 14.5. The Kier molecular flexibility index (Phi) is 7.02. The van der Waals surface area contributed by atoms with Crippen LogP contribution < -0.4 is 10.1 Å². The Labute approximate surface area is 177 Å². The monoisotopic (exact) mass is 396 g/mol. The molecule has 0 saturated carbocycles. The van der Waals surface area contributed by atoms with E-state index >= 15 is 0 Å². The molecule has 3 rings (SSSR count). The van der Waals surface area contributed by atoms with E-state index in [9.17, 15) is 10.1 Å². The van der Waals surface area contributed by atoms with Gasteiger partial charge in [-0.2, -0.15) is 5.26 Å². The van der Waals surface area contributed by atoms with Crippen molar-refractivity contribution < 1.29 is 9.53 Å². The van der Waals surface area contributed by atoms with Crippen LogP contribution in [0.1, 0.15) is 36.5 Å². The van der Waals surface area contributed by atoms with E-state index in [1.54, 1.807) is 30.3 Å². The number of hydrogen-bond acceptors (Lipinski definition) is 3. The van der Waals surface area contributed by atoms with Crippen molar-refractivity contribution in [3.05, 3.63) is 101 Å². The molecule has 3 aromatic carbocycles. The molecule has 0 heterocycles. The number of nitrogens with one attached hydrogen (secondary N) is 1. The minimum atomic E-state index is -0.441. The smallest absolute Gasteiger partial charge is 0.266 e. The number of carbonyl (C=O) groups is 1. The van der Waals surface area contributed by atoms with Crippen LogP contribution in [0.2, 0.25) is 0 Å². The van der Waals surface area contributed by atoms with Crippen molar-refractivity contribution >= 4 is 17.7 Å². The van der Waals surface area contributed by atoms with Crippen molar-refractivity contribution in [1.29, 1.82) is 5.26 Å². The highest BCUT2D eigenvalue weighted by Crippen LogP contribution is 2.19. The lowest BCUT2D eigenvalue weighted by molar-refractivity contribution is -0.112. The maximum Gasteiger partial charge on any atom is 0.266 e. The molecule has 0 fully saturated rings. The third-order valence-corrected chi connectivity index (χ3v) is 4.64. The standard InChI is InChI=1S/C26H24N2O2/c1-19(2)22-10-8-20(9-11-22)16-23(17-27)26(29)28-24-12-14-25(15-13-24)30-18-21-6-4-3-5-7-21/h3-16,19H,18H2,1-2H3,(H,28,29)/b23-16+. The zero-order chi connectivity index (χ0) is 21.3. The number of nitrogens with zero attached hydrogens (tertiary/aromatic N) is 1. The lowest BCUT2D eigenvalue weighted by Gasteiger charge is -2.08. The van der Waals surface area contributed by atoms with Gasteiger partial charge in [-0.05, 0) is 52.9 Å². The fourth-order valence-electron chi connectivity index (χ4n) is 2.87. The van der Waals surface area contributed by atoms with E-state index in [1.165, 1.54) is 5.56 Å². The number of nitriles is 1. The number of hydrogen-bond donors (Lipinski definition) is 1. The van der Waals surface area contributed by atoms with Crippen molar-refractivity contribution in [2.45, 2.75) is 26.4 Å². The topological polar surface area (TPSA) is 62.1 Å². The Morgan fingerprint density at radius 3 is 2.27 bits per heavy atom. The largest absolute Gasteiger partial charge is 0.489 e. The summed E-state index contributed by atoms with van der Waals surface area (Å²) in [5.74, 6) is 0.697. The summed E-state index contributed by atoms with van der Waals surface area (Å²) in [5, 5.41) is 12.2. The predicted molar refractivity (Wildman–Crippen MR) is 120 cm³/mol. The van der Waals surface area contributed by atoms with Crippen LogP contribution in [0.5, 0.6) is 5.75 Å². The first-order valence-electron chi connectivity index (χ1n) is 9.85. The third-order valence-electron chi connectivity index (χ3n) is 4.64. The van der Waals surface area contributed by atoms with Gasteiger partial charge < -0.3 is 10.1 Å². The maximum atomic E-state index is 12.5. The number of anilines is 1. The van der Waals surface area contributed by atoms with Crippen molar-refractivity contribution in [2.24, 2.45) is 0 Å². The van der Waals surface area contributed by atoms with E-state index in [0.717, 1.165) is 11.1 Å². The summed E-state index contributed by atoms with van der Waals surface area (Å²) in [6.45, 7) is 4.72. The summed E-state index contributed by atoms with van der Waals surface area (Å²) < 4.78 is 5.75. The highest BCUT2D eigenvalue weighted by Gasteiger charge is 2.10. The van der Waals surface area contributed by atoms with E-state index in [1.807, 2.05) is 60.7 Å². The second-order valence-electron chi connectivity index (χ2n) is 7.24. The summed E-state index contributed by atoms with van der Waals surface area (Å²) in [5.41, 5.74) is 3.76. The number of amides is 1. The van der Waals surface area contributed by atoms with Gasteiger partial charge in [0.25, 0.3) is 5.91 Å². The van der Waals surface area contributed by atoms with Crippen LogP contribution in [-0.2, 0) is 11.4 Å². The Morgan fingerprint density at radius 2 is 1.67 bits per heavy atom. The molecule has 3 aromatic rings.